The minimum absolute atomic E-state index is 0.640. The van der Waals surface area contributed by atoms with E-state index in [9.17, 15) is 0 Å². The Labute approximate surface area is 130 Å². The Morgan fingerprint density at radius 1 is 1.35 bits per heavy atom. The predicted octanol–water partition coefficient (Wildman–Crippen LogP) is 2.40. The van der Waals surface area contributed by atoms with E-state index < -0.39 is 0 Å². The van der Waals surface area contributed by atoms with E-state index in [1.165, 1.54) is 12.0 Å². The molecular formula is C15H25BrN4. The third-order valence-corrected chi connectivity index (χ3v) is 4.55. The van der Waals surface area contributed by atoms with Crippen molar-refractivity contribution in [1.82, 2.24) is 9.88 Å². The highest BCUT2D eigenvalue weighted by Gasteiger charge is 2.23. The van der Waals surface area contributed by atoms with Gasteiger partial charge in [0.25, 0.3) is 0 Å². The van der Waals surface area contributed by atoms with E-state index in [0.29, 0.717) is 6.04 Å². The van der Waals surface area contributed by atoms with Gasteiger partial charge in [0.05, 0.1) is 0 Å². The number of rotatable bonds is 5. The van der Waals surface area contributed by atoms with E-state index >= 15 is 0 Å². The summed E-state index contributed by atoms with van der Waals surface area (Å²) in [6, 6.07) is 2.78. The molecule has 0 amide bonds. The fourth-order valence-corrected chi connectivity index (χ4v) is 3.45. The van der Waals surface area contributed by atoms with Crippen LogP contribution in [0.1, 0.15) is 25.3 Å². The van der Waals surface area contributed by atoms with Crippen molar-refractivity contribution < 1.29 is 0 Å². The number of nitrogens with zero attached hydrogens (tertiary/aromatic N) is 3. The average Bonchev–Trinajstić information content (AvgIpc) is 2.45. The van der Waals surface area contributed by atoms with Gasteiger partial charge in [0.15, 0.2) is 0 Å². The third-order valence-electron chi connectivity index (χ3n) is 4.12. The van der Waals surface area contributed by atoms with Crippen molar-refractivity contribution in [2.45, 2.75) is 32.7 Å². The predicted molar refractivity (Wildman–Crippen MR) is 88.2 cm³/mol. The van der Waals surface area contributed by atoms with Crippen LogP contribution in [0, 0.1) is 6.92 Å². The van der Waals surface area contributed by atoms with E-state index in [1.54, 1.807) is 0 Å². The fourth-order valence-electron chi connectivity index (χ4n) is 3.00. The largest absolute Gasteiger partial charge is 0.354 e. The Morgan fingerprint density at radius 2 is 2.05 bits per heavy atom. The van der Waals surface area contributed by atoms with Crippen LogP contribution in [0.15, 0.2) is 16.7 Å². The summed E-state index contributed by atoms with van der Waals surface area (Å²) in [7, 11) is 0. The molecule has 0 aromatic carbocycles. The Balaban J connectivity index is 1.97. The van der Waals surface area contributed by atoms with Crippen molar-refractivity contribution in [1.29, 1.82) is 0 Å². The molecule has 0 radical (unpaired) electrons. The molecular weight excluding hydrogens is 316 g/mol. The highest BCUT2D eigenvalue weighted by molar-refractivity contribution is 9.10. The normalized spacial score (nSPS) is 18.3. The van der Waals surface area contributed by atoms with E-state index in [4.69, 9.17) is 5.73 Å². The number of nitrogens with two attached hydrogens (primary N) is 1. The van der Waals surface area contributed by atoms with Crippen LogP contribution in [0.4, 0.5) is 5.82 Å². The molecule has 0 spiro atoms. The maximum absolute atomic E-state index is 5.71. The highest BCUT2D eigenvalue weighted by Crippen LogP contribution is 2.22. The number of hydrogen-bond donors (Lipinski definition) is 1. The molecule has 1 aromatic rings. The molecule has 0 saturated carbocycles. The van der Waals surface area contributed by atoms with Gasteiger partial charge in [-0.2, -0.15) is 0 Å². The van der Waals surface area contributed by atoms with Gasteiger partial charge in [0.2, 0.25) is 0 Å². The maximum atomic E-state index is 5.71. The highest BCUT2D eigenvalue weighted by atomic mass is 79.9. The van der Waals surface area contributed by atoms with Crippen molar-refractivity contribution in [2.24, 2.45) is 5.73 Å². The van der Waals surface area contributed by atoms with Crippen LogP contribution in [0.2, 0.25) is 0 Å². The van der Waals surface area contributed by atoms with Crippen LogP contribution in [-0.2, 0) is 0 Å². The molecule has 2 N–H and O–H groups in total. The summed E-state index contributed by atoms with van der Waals surface area (Å²) in [5.41, 5.74) is 6.95. The lowest BCUT2D eigenvalue weighted by Crippen LogP contribution is -2.51. The van der Waals surface area contributed by atoms with Crippen LogP contribution >= 0.6 is 15.9 Å². The van der Waals surface area contributed by atoms with Gasteiger partial charge in [0, 0.05) is 42.9 Å². The summed E-state index contributed by atoms with van der Waals surface area (Å²) in [6.45, 7) is 9.49. The minimum atomic E-state index is 0.640. The van der Waals surface area contributed by atoms with Gasteiger partial charge in [-0.05, 0) is 53.9 Å². The van der Waals surface area contributed by atoms with Gasteiger partial charge in [-0.1, -0.05) is 6.92 Å². The molecule has 1 unspecified atom stereocenters. The number of anilines is 1. The van der Waals surface area contributed by atoms with Gasteiger partial charge >= 0.3 is 0 Å². The smallest absolute Gasteiger partial charge is 0.131 e. The SMILES string of the molecule is CCC(CCN)N1CCN(c2ncc(Br)cc2C)CC1. The van der Waals surface area contributed by atoms with Crippen LogP contribution < -0.4 is 10.6 Å². The molecule has 20 heavy (non-hydrogen) atoms. The molecule has 112 valence electrons. The molecule has 1 fully saturated rings. The molecule has 1 aromatic heterocycles. The lowest BCUT2D eigenvalue weighted by Gasteiger charge is -2.40. The molecule has 1 aliphatic rings. The second-order valence-electron chi connectivity index (χ2n) is 5.46. The number of aromatic nitrogens is 1. The Morgan fingerprint density at radius 3 is 2.60 bits per heavy atom. The summed E-state index contributed by atoms with van der Waals surface area (Å²) < 4.78 is 1.05. The zero-order valence-electron chi connectivity index (χ0n) is 12.5. The van der Waals surface area contributed by atoms with E-state index in [0.717, 1.165) is 49.4 Å². The molecule has 4 nitrogen and oxygen atoms in total. The Kier molecular flexibility index (Phi) is 5.81. The van der Waals surface area contributed by atoms with Crippen LogP contribution in [-0.4, -0.2) is 48.6 Å². The monoisotopic (exact) mass is 340 g/mol. The molecule has 0 aliphatic carbocycles. The molecule has 2 rings (SSSR count). The molecule has 1 saturated heterocycles. The number of hydrogen-bond acceptors (Lipinski definition) is 4. The van der Waals surface area contributed by atoms with Crippen molar-refractivity contribution in [2.75, 3.05) is 37.6 Å². The zero-order chi connectivity index (χ0) is 14.5. The van der Waals surface area contributed by atoms with Crippen molar-refractivity contribution in [3.8, 4) is 0 Å². The number of aryl methyl sites for hydroxylation is 1. The van der Waals surface area contributed by atoms with E-state index in [1.807, 2.05) is 6.20 Å². The summed E-state index contributed by atoms with van der Waals surface area (Å²) in [5, 5.41) is 0. The maximum Gasteiger partial charge on any atom is 0.131 e. The summed E-state index contributed by atoms with van der Waals surface area (Å²) in [6.07, 6.45) is 4.18. The van der Waals surface area contributed by atoms with Gasteiger partial charge in [-0.15, -0.1) is 0 Å². The van der Waals surface area contributed by atoms with Gasteiger partial charge in [-0.25, -0.2) is 4.98 Å². The van der Waals surface area contributed by atoms with Gasteiger partial charge in [0.1, 0.15) is 5.82 Å². The van der Waals surface area contributed by atoms with E-state index in [2.05, 4.69) is 50.6 Å². The molecule has 1 aliphatic heterocycles. The first-order chi connectivity index (χ1) is 9.65. The first kappa shape index (κ1) is 15.7. The first-order valence-corrected chi connectivity index (χ1v) is 8.26. The first-order valence-electron chi connectivity index (χ1n) is 7.47. The zero-order valence-corrected chi connectivity index (χ0v) is 14.1. The van der Waals surface area contributed by atoms with Crippen LogP contribution in [0.25, 0.3) is 0 Å². The lowest BCUT2D eigenvalue weighted by atomic mass is 10.1. The fraction of sp³-hybridized carbons (Fsp3) is 0.667. The van der Waals surface area contributed by atoms with Crippen LogP contribution in [0.5, 0.6) is 0 Å². The standard InChI is InChI=1S/C15H25BrN4/c1-3-14(4-5-17)19-6-8-20(9-7-19)15-12(2)10-13(16)11-18-15/h10-11,14H,3-9,17H2,1-2H3. The second-order valence-corrected chi connectivity index (χ2v) is 6.37. The average molecular weight is 341 g/mol. The topological polar surface area (TPSA) is 45.4 Å². The number of halogens is 1. The number of piperazine rings is 1. The van der Waals surface area contributed by atoms with Gasteiger partial charge in [-0.3, -0.25) is 4.90 Å². The van der Waals surface area contributed by atoms with Crippen LogP contribution in [0.3, 0.4) is 0 Å². The Hall–Kier alpha value is -0.650. The second kappa shape index (κ2) is 7.38. The lowest BCUT2D eigenvalue weighted by molar-refractivity contribution is 0.173. The summed E-state index contributed by atoms with van der Waals surface area (Å²) >= 11 is 3.47. The molecule has 0 bridgehead atoms. The quantitative estimate of drug-likeness (QED) is 0.893. The van der Waals surface area contributed by atoms with E-state index in [-0.39, 0.29) is 0 Å². The molecule has 1 atom stereocenters. The summed E-state index contributed by atoms with van der Waals surface area (Å²) in [5.74, 6) is 1.12. The molecule has 2 heterocycles. The molecule has 5 heteroatoms. The number of pyridine rings is 1. The van der Waals surface area contributed by atoms with Crippen molar-refractivity contribution in [3.05, 3.63) is 22.3 Å². The summed E-state index contributed by atoms with van der Waals surface area (Å²) in [4.78, 5) is 9.55. The Bertz CT molecular complexity index is 430. The van der Waals surface area contributed by atoms with Crippen molar-refractivity contribution in [3.63, 3.8) is 0 Å². The third kappa shape index (κ3) is 3.71. The van der Waals surface area contributed by atoms with Gasteiger partial charge < -0.3 is 10.6 Å². The minimum Gasteiger partial charge on any atom is -0.354 e. The van der Waals surface area contributed by atoms with Crippen molar-refractivity contribution >= 4 is 21.7 Å².